The molecule has 5 heteroatoms. The Morgan fingerprint density at radius 1 is 1.43 bits per heavy atom. The summed E-state index contributed by atoms with van der Waals surface area (Å²) in [5, 5.41) is 0. The normalized spacial score (nSPS) is 17.7. The average Bonchev–Trinajstić information content (AvgIpc) is 2.48. The fourth-order valence-electron chi connectivity index (χ4n) is 2.80. The minimum absolute atomic E-state index is 0.246. The van der Waals surface area contributed by atoms with Gasteiger partial charge in [-0.15, -0.1) is 0 Å². The number of carbonyl (C=O) groups is 1. The Bertz CT molecular complexity index is 486. The number of carbonyl (C=O) groups excluding carboxylic acids is 1. The molecular formula is C16H22FNO3. The Kier molecular flexibility index (Phi) is 5.31. The van der Waals surface area contributed by atoms with Gasteiger partial charge in [0.15, 0.2) is 11.6 Å². The lowest BCUT2D eigenvalue weighted by Gasteiger charge is -2.35. The number of benzene rings is 1. The fraction of sp³-hybridized carbons (Fsp3) is 0.562. The van der Waals surface area contributed by atoms with Crippen LogP contribution in [0.2, 0.25) is 0 Å². The van der Waals surface area contributed by atoms with E-state index in [1.54, 1.807) is 6.07 Å². The standard InChI is InChI=1S/C16H22FNO3/c1-18(11-16(12-19)5-7-21-8-6-16)10-13-3-4-15(20-2)14(17)9-13/h3-4,9,12H,5-8,10-11H2,1-2H3. The van der Waals surface area contributed by atoms with Gasteiger partial charge in [-0.1, -0.05) is 6.07 Å². The van der Waals surface area contributed by atoms with Crippen LogP contribution in [0, 0.1) is 11.2 Å². The van der Waals surface area contributed by atoms with Gasteiger partial charge in [0.2, 0.25) is 0 Å². The highest BCUT2D eigenvalue weighted by atomic mass is 19.1. The molecule has 21 heavy (non-hydrogen) atoms. The summed E-state index contributed by atoms with van der Waals surface area (Å²) in [7, 11) is 3.39. The molecule has 2 rings (SSSR count). The second-order valence-electron chi connectivity index (χ2n) is 5.73. The van der Waals surface area contributed by atoms with E-state index < -0.39 is 0 Å². The van der Waals surface area contributed by atoms with Crippen molar-refractivity contribution in [3.63, 3.8) is 0 Å². The summed E-state index contributed by atoms with van der Waals surface area (Å²) in [4.78, 5) is 13.5. The van der Waals surface area contributed by atoms with Crippen molar-refractivity contribution in [1.29, 1.82) is 0 Å². The van der Waals surface area contributed by atoms with Crippen LogP contribution in [0.5, 0.6) is 5.75 Å². The third-order valence-electron chi connectivity index (χ3n) is 3.99. The van der Waals surface area contributed by atoms with Crippen molar-refractivity contribution in [3.05, 3.63) is 29.6 Å². The van der Waals surface area contributed by atoms with E-state index >= 15 is 0 Å². The summed E-state index contributed by atoms with van der Waals surface area (Å²) in [5.74, 6) is -0.116. The number of hydrogen-bond donors (Lipinski definition) is 0. The molecular weight excluding hydrogens is 273 g/mol. The van der Waals surface area contributed by atoms with Gasteiger partial charge in [0.05, 0.1) is 7.11 Å². The maximum Gasteiger partial charge on any atom is 0.165 e. The van der Waals surface area contributed by atoms with Gasteiger partial charge in [0.1, 0.15) is 6.29 Å². The maximum absolute atomic E-state index is 13.7. The van der Waals surface area contributed by atoms with Crippen molar-refractivity contribution in [2.75, 3.05) is 33.9 Å². The van der Waals surface area contributed by atoms with Crippen LogP contribution in [-0.2, 0) is 16.1 Å². The summed E-state index contributed by atoms with van der Waals surface area (Å²) in [5.41, 5.74) is 0.529. The first kappa shape index (κ1) is 15.9. The molecule has 0 aromatic heterocycles. The predicted molar refractivity (Wildman–Crippen MR) is 77.8 cm³/mol. The van der Waals surface area contributed by atoms with E-state index in [0.717, 1.165) is 24.7 Å². The average molecular weight is 295 g/mol. The second kappa shape index (κ2) is 7.00. The first-order valence-corrected chi connectivity index (χ1v) is 7.13. The highest BCUT2D eigenvalue weighted by Crippen LogP contribution is 2.29. The molecule has 1 saturated heterocycles. The van der Waals surface area contributed by atoms with Crippen LogP contribution >= 0.6 is 0 Å². The number of rotatable bonds is 6. The van der Waals surface area contributed by atoms with Crippen LogP contribution in [0.15, 0.2) is 18.2 Å². The van der Waals surface area contributed by atoms with E-state index in [2.05, 4.69) is 4.90 Å². The number of aldehydes is 1. The Balaban J connectivity index is 1.99. The third kappa shape index (κ3) is 4.02. The second-order valence-corrected chi connectivity index (χ2v) is 5.73. The van der Waals surface area contributed by atoms with Crippen molar-refractivity contribution in [3.8, 4) is 5.75 Å². The molecule has 0 saturated carbocycles. The minimum Gasteiger partial charge on any atom is -0.494 e. The number of methoxy groups -OCH3 is 1. The van der Waals surface area contributed by atoms with Crippen LogP contribution in [0.25, 0.3) is 0 Å². The zero-order chi connectivity index (χ0) is 15.3. The molecule has 0 atom stereocenters. The molecule has 1 aliphatic heterocycles. The van der Waals surface area contributed by atoms with Gasteiger partial charge in [-0.3, -0.25) is 0 Å². The zero-order valence-electron chi connectivity index (χ0n) is 12.6. The fourth-order valence-corrected chi connectivity index (χ4v) is 2.80. The van der Waals surface area contributed by atoms with Crippen molar-refractivity contribution >= 4 is 6.29 Å². The molecule has 1 aliphatic rings. The van der Waals surface area contributed by atoms with Gasteiger partial charge < -0.3 is 19.2 Å². The molecule has 1 aromatic rings. The van der Waals surface area contributed by atoms with Crippen molar-refractivity contribution in [2.24, 2.45) is 5.41 Å². The minimum atomic E-state index is -0.362. The van der Waals surface area contributed by atoms with Crippen LogP contribution < -0.4 is 4.74 Å². The van der Waals surface area contributed by atoms with E-state index in [-0.39, 0.29) is 17.0 Å². The van der Waals surface area contributed by atoms with Crippen molar-refractivity contribution in [1.82, 2.24) is 4.90 Å². The van der Waals surface area contributed by atoms with Crippen molar-refractivity contribution in [2.45, 2.75) is 19.4 Å². The molecule has 0 amide bonds. The molecule has 0 radical (unpaired) electrons. The molecule has 0 unspecified atom stereocenters. The molecule has 0 bridgehead atoms. The van der Waals surface area contributed by atoms with E-state index in [9.17, 15) is 9.18 Å². The lowest BCUT2D eigenvalue weighted by Crippen LogP contribution is -2.41. The highest BCUT2D eigenvalue weighted by Gasteiger charge is 2.33. The molecule has 4 nitrogen and oxygen atoms in total. The summed E-state index contributed by atoms with van der Waals surface area (Å²) in [6, 6.07) is 4.95. The summed E-state index contributed by atoms with van der Waals surface area (Å²) >= 11 is 0. The van der Waals surface area contributed by atoms with Gasteiger partial charge in [0.25, 0.3) is 0 Å². The lowest BCUT2D eigenvalue weighted by atomic mass is 9.81. The Morgan fingerprint density at radius 3 is 2.71 bits per heavy atom. The number of halogens is 1. The van der Waals surface area contributed by atoms with Gasteiger partial charge in [-0.25, -0.2) is 4.39 Å². The zero-order valence-corrected chi connectivity index (χ0v) is 12.6. The molecule has 1 heterocycles. The first-order chi connectivity index (χ1) is 10.1. The Morgan fingerprint density at radius 2 is 2.14 bits per heavy atom. The van der Waals surface area contributed by atoms with E-state index in [1.807, 2.05) is 13.1 Å². The van der Waals surface area contributed by atoms with Gasteiger partial charge in [-0.05, 0) is 37.6 Å². The monoisotopic (exact) mass is 295 g/mol. The largest absolute Gasteiger partial charge is 0.494 e. The van der Waals surface area contributed by atoms with Crippen LogP contribution in [0.4, 0.5) is 4.39 Å². The maximum atomic E-state index is 13.7. The molecule has 0 aliphatic carbocycles. The summed E-state index contributed by atoms with van der Waals surface area (Å²) in [6.07, 6.45) is 2.55. The van der Waals surface area contributed by atoms with Gasteiger partial charge in [0, 0.05) is 31.7 Å². The molecule has 1 fully saturated rings. The Labute approximate surface area is 124 Å². The summed E-state index contributed by atoms with van der Waals surface area (Å²) < 4.78 is 23.9. The van der Waals surface area contributed by atoms with E-state index in [4.69, 9.17) is 9.47 Å². The molecule has 1 aromatic carbocycles. The van der Waals surface area contributed by atoms with Crippen LogP contribution in [0.3, 0.4) is 0 Å². The molecule has 0 N–H and O–H groups in total. The van der Waals surface area contributed by atoms with E-state index in [0.29, 0.717) is 26.3 Å². The Hall–Kier alpha value is -1.46. The highest BCUT2D eigenvalue weighted by molar-refractivity contribution is 5.60. The quantitative estimate of drug-likeness (QED) is 0.755. The van der Waals surface area contributed by atoms with E-state index in [1.165, 1.54) is 13.2 Å². The smallest absolute Gasteiger partial charge is 0.165 e. The number of nitrogens with zero attached hydrogens (tertiary/aromatic N) is 1. The van der Waals surface area contributed by atoms with Gasteiger partial charge in [-0.2, -0.15) is 0 Å². The first-order valence-electron chi connectivity index (χ1n) is 7.13. The van der Waals surface area contributed by atoms with Crippen LogP contribution in [-0.4, -0.2) is 45.1 Å². The SMILES string of the molecule is COc1ccc(CN(C)CC2(C=O)CCOCC2)cc1F. The van der Waals surface area contributed by atoms with Gasteiger partial charge >= 0.3 is 0 Å². The summed E-state index contributed by atoms with van der Waals surface area (Å²) in [6.45, 7) is 2.51. The third-order valence-corrected chi connectivity index (χ3v) is 3.99. The van der Waals surface area contributed by atoms with Crippen molar-refractivity contribution < 1.29 is 18.7 Å². The number of ether oxygens (including phenoxy) is 2. The number of hydrogen-bond acceptors (Lipinski definition) is 4. The lowest BCUT2D eigenvalue weighted by molar-refractivity contribution is -0.122. The van der Waals surface area contributed by atoms with Crippen LogP contribution in [0.1, 0.15) is 18.4 Å². The predicted octanol–water partition coefficient (Wildman–Crippen LogP) is 2.26. The molecule has 116 valence electrons. The molecule has 0 spiro atoms. The topological polar surface area (TPSA) is 38.8 Å².